The zero-order valence-corrected chi connectivity index (χ0v) is 13.1. The van der Waals surface area contributed by atoms with E-state index in [9.17, 15) is 9.90 Å². The predicted molar refractivity (Wildman–Crippen MR) is 86.0 cm³/mol. The Kier molecular flexibility index (Phi) is 4.29. The van der Waals surface area contributed by atoms with E-state index in [1.807, 2.05) is 30.0 Å². The van der Waals surface area contributed by atoms with E-state index in [2.05, 4.69) is 15.3 Å². The summed E-state index contributed by atoms with van der Waals surface area (Å²) < 4.78 is 1.77. The molecule has 0 radical (unpaired) electrons. The molecule has 2 aromatic heterocycles. The van der Waals surface area contributed by atoms with E-state index in [1.165, 1.54) is 0 Å². The van der Waals surface area contributed by atoms with Crippen LogP contribution in [0.15, 0.2) is 36.8 Å². The fourth-order valence-corrected chi connectivity index (χ4v) is 2.78. The number of rotatable bonds is 5. The van der Waals surface area contributed by atoms with Crippen molar-refractivity contribution in [3.8, 4) is 0 Å². The molecule has 0 saturated carbocycles. The minimum absolute atomic E-state index is 0.129. The van der Waals surface area contributed by atoms with Gasteiger partial charge in [-0.15, -0.1) is 0 Å². The number of carbonyl (C=O) groups is 1. The molecule has 7 nitrogen and oxygen atoms in total. The van der Waals surface area contributed by atoms with Crippen molar-refractivity contribution in [3.63, 3.8) is 0 Å². The molecule has 1 fully saturated rings. The van der Waals surface area contributed by atoms with Gasteiger partial charge in [0, 0.05) is 38.2 Å². The Hall–Kier alpha value is -2.41. The van der Waals surface area contributed by atoms with Crippen molar-refractivity contribution in [2.75, 3.05) is 24.5 Å². The first kappa shape index (κ1) is 15.5. The Bertz CT molecular complexity index is 672. The van der Waals surface area contributed by atoms with Gasteiger partial charge in [0.15, 0.2) is 0 Å². The summed E-state index contributed by atoms with van der Waals surface area (Å²) in [5.41, 5.74) is -0.919. The number of aromatic nitrogens is 3. The zero-order valence-electron chi connectivity index (χ0n) is 13.1. The van der Waals surface area contributed by atoms with Crippen LogP contribution in [0.3, 0.4) is 0 Å². The minimum Gasteiger partial charge on any atom is -0.386 e. The average molecular weight is 315 g/mol. The van der Waals surface area contributed by atoms with E-state index >= 15 is 0 Å². The van der Waals surface area contributed by atoms with E-state index < -0.39 is 5.60 Å². The minimum atomic E-state index is -0.919. The quantitative estimate of drug-likeness (QED) is 0.831. The van der Waals surface area contributed by atoms with Gasteiger partial charge in [-0.3, -0.25) is 4.79 Å². The number of amides is 1. The van der Waals surface area contributed by atoms with Crippen LogP contribution >= 0.6 is 0 Å². The molecule has 1 amide bonds. The van der Waals surface area contributed by atoms with E-state index in [0.29, 0.717) is 13.0 Å². The highest BCUT2D eigenvalue weighted by Gasteiger charge is 2.36. The topological polar surface area (TPSA) is 83.3 Å². The Balaban J connectivity index is 1.52. The number of hydrogen-bond acceptors (Lipinski definition) is 5. The molecule has 1 aliphatic rings. The van der Waals surface area contributed by atoms with Crippen molar-refractivity contribution in [2.45, 2.75) is 25.5 Å². The van der Waals surface area contributed by atoms with Gasteiger partial charge in [-0.25, -0.2) is 9.97 Å². The number of carbonyl (C=O) groups excluding carboxylic acids is 1. The maximum atomic E-state index is 12.0. The summed E-state index contributed by atoms with van der Waals surface area (Å²) in [7, 11) is 0. The molecule has 1 saturated heterocycles. The maximum Gasteiger partial charge on any atom is 0.240 e. The van der Waals surface area contributed by atoms with Crippen molar-refractivity contribution >= 4 is 11.7 Å². The molecule has 7 heteroatoms. The maximum absolute atomic E-state index is 12.0. The van der Waals surface area contributed by atoms with Gasteiger partial charge in [-0.1, -0.05) is 6.07 Å². The lowest BCUT2D eigenvalue weighted by Crippen LogP contribution is -2.45. The van der Waals surface area contributed by atoms with Crippen molar-refractivity contribution in [1.82, 2.24) is 19.9 Å². The van der Waals surface area contributed by atoms with Gasteiger partial charge in [0.2, 0.25) is 5.91 Å². The molecule has 0 aromatic carbocycles. The number of β-amino-alcohol motifs (C(OH)–C–C–N with tert-alkyl or cyclic N) is 1. The third-order valence-corrected chi connectivity index (χ3v) is 4.16. The summed E-state index contributed by atoms with van der Waals surface area (Å²) in [6, 6.07) is 5.71. The smallest absolute Gasteiger partial charge is 0.240 e. The van der Waals surface area contributed by atoms with Crippen LogP contribution in [0.2, 0.25) is 0 Å². The summed E-state index contributed by atoms with van der Waals surface area (Å²) in [6.07, 6.45) is 5.77. The number of hydrogen-bond donors (Lipinski definition) is 2. The fraction of sp³-hybridized carbons (Fsp3) is 0.438. The third-order valence-electron chi connectivity index (χ3n) is 4.16. The van der Waals surface area contributed by atoms with Gasteiger partial charge < -0.3 is 19.9 Å². The molecule has 3 heterocycles. The SMILES string of the molecule is Cc1nccn1CC(=O)NC[C@@]1(O)CCN(c2ccccn2)C1. The van der Waals surface area contributed by atoms with Crippen LogP contribution in [-0.4, -0.2) is 50.8 Å². The highest BCUT2D eigenvalue weighted by Crippen LogP contribution is 2.24. The van der Waals surface area contributed by atoms with Gasteiger partial charge in [0.25, 0.3) is 0 Å². The number of nitrogens with one attached hydrogen (secondary N) is 1. The van der Waals surface area contributed by atoms with E-state index in [-0.39, 0.29) is 19.0 Å². The highest BCUT2D eigenvalue weighted by atomic mass is 16.3. The monoisotopic (exact) mass is 315 g/mol. The molecule has 23 heavy (non-hydrogen) atoms. The van der Waals surface area contributed by atoms with E-state index in [1.54, 1.807) is 23.2 Å². The molecular weight excluding hydrogens is 294 g/mol. The van der Waals surface area contributed by atoms with Crippen LogP contribution in [0.5, 0.6) is 0 Å². The van der Waals surface area contributed by atoms with E-state index in [4.69, 9.17) is 0 Å². The zero-order chi connectivity index (χ0) is 16.3. The number of pyridine rings is 1. The molecule has 0 bridgehead atoms. The molecule has 3 rings (SSSR count). The summed E-state index contributed by atoms with van der Waals surface area (Å²) in [5.74, 6) is 1.51. The second-order valence-corrected chi connectivity index (χ2v) is 5.96. The van der Waals surface area contributed by atoms with Gasteiger partial charge >= 0.3 is 0 Å². The van der Waals surface area contributed by atoms with Gasteiger partial charge in [0.1, 0.15) is 23.8 Å². The lowest BCUT2D eigenvalue weighted by Gasteiger charge is -2.24. The average Bonchev–Trinajstić information content (AvgIpc) is 3.14. The first-order valence-electron chi connectivity index (χ1n) is 7.69. The van der Waals surface area contributed by atoms with Crippen molar-refractivity contribution < 1.29 is 9.90 Å². The second-order valence-electron chi connectivity index (χ2n) is 5.96. The molecule has 0 unspecified atom stereocenters. The molecule has 0 spiro atoms. The second kappa shape index (κ2) is 6.37. The van der Waals surface area contributed by atoms with Crippen LogP contribution < -0.4 is 10.2 Å². The van der Waals surface area contributed by atoms with Crippen LogP contribution in [0, 0.1) is 6.92 Å². The Morgan fingerprint density at radius 1 is 1.39 bits per heavy atom. The predicted octanol–water partition coefficient (Wildman–Crippen LogP) is 0.344. The molecule has 2 N–H and O–H groups in total. The van der Waals surface area contributed by atoms with Crippen molar-refractivity contribution in [2.24, 2.45) is 0 Å². The number of imidazole rings is 1. The van der Waals surface area contributed by atoms with Crippen LogP contribution in [0.25, 0.3) is 0 Å². The van der Waals surface area contributed by atoms with E-state index in [0.717, 1.165) is 18.2 Å². The van der Waals surface area contributed by atoms with Gasteiger partial charge in [-0.05, 0) is 25.5 Å². The van der Waals surface area contributed by atoms with Crippen molar-refractivity contribution in [1.29, 1.82) is 0 Å². The fourth-order valence-electron chi connectivity index (χ4n) is 2.78. The van der Waals surface area contributed by atoms with Gasteiger partial charge in [-0.2, -0.15) is 0 Å². The number of aryl methyl sites for hydroxylation is 1. The summed E-state index contributed by atoms with van der Waals surface area (Å²) in [6.45, 7) is 3.50. The Labute approximate surface area is 135 Å². The number of anilines is 1. The number of nitrogens with zero attached hydrogens (tertiary/aromatic N) is 4. The lowest BCUT2D eigenvalue weighted by atomic mass is 10.0. The number of aliphatic hydroxyl groups is 1. The van der Waals surface area contributed by atoms with Crippen LogP contribution in [0.1, 0.15) is 12.2 Å². The molecule has 0 aliphatic carbocycles. The third kappa shape index (κ3) is 3.68. The largest absolute Gasteiger partial charge is 0.386 e. The Morgan fingerprint density at radius 2 is 2.26 bits per heavy atom. The van der Waals surface area contributed by atoms with Crippen LogP contribution in [-0.2, 0) is 11.3 Å². The molecule has 1 atom stereocenters. The molecule has 2 aromatic rings. The highest BCUT2D eigenvalue weighted by molar-refractivity contribution is 5.75. The van der Waals surface area contributed by atoms with Gasteiger partial charge in [0.05, 0.1) is 0 Å². The molecule has 122 valence electrons. The first-order valence-corrected chi connectivity index (χ1v) is 7.69. The summed E-state index contributed by atoms with van der Waals surface area (Å²) in [5, 5.41) is 13.5. The molecule has 1 aliphatic heterocycles. The Morgan fingerprint density at radius 3 is 2.96 bits per heavy atom. The summed E-state index contributed by atoms with van der Waals surface area (Å²) in [4.78, 5) is 22.4. The lowest BCUT2D eigenvalue weighted by molar-refractivity contribution is -0.122. The van der Waals surface area contributed by atoms with Crippen LogP contribution in [0.4, 0.5) is 5.82 Å². The molecular formula is C16H21N5O2. The van der Waals surface area contributed by atoms with Crippen molar-refractivity contribution in [3.05, 3.63) is 42.6 Å². The first-order chi connectivity index (χ1) is 11.1. The normalized spacial score (nSPS) is 20.7. The summed E-state index contributed by atoms with van der Waals surface area (Å²) >= 11 is 0. The standard InChI is InChI=1S/C16H21N5O2/c1-13-17-7-9-20(13)10-15(22)19-11-16(23)5-8-21(12-16)14-4-2-3-6-18-14/h2-4,6-7,9,23H,5,8,10-12H2,1H3,(H,19,22)/t16-/m0/s1.